The van der Waals surface area contributed by atoms with Gasteiger partial charge in [-0.15, -0.1) is 10.2 Å². The number of aryl methyl sites for hydroxylation is 2. The first-order valence-electron chi connectivity index (χ1n) is 14.0. The van der Waals surface area contributed by atoms with Crippen LogP contribution in [0.1, 0.15) is 43.7 Å². The zero-order valence-corrected chi connectivity index (χ0v) is 24.7. The molecule has 0 spiro atoms. The van der Waals surface area contributed by atoms with Crippen LogP contribution in [0.25, 0.3) is 33.4 Å². The van der Waals surface area contributed by atoms with Gasteiger partial charge in [0.1, 0.15) is 6.04 Å². The number of amides is 2. The van der Waals surface area contributed by atoms with Gasteiger partial charge in [0.2, 0.25) is 23.6 Å². The van der Waals surface area contributed by atoms with Crippen LogP contribution in [0, 0.1) is 6.92 Å². The number of nitrogens with two attached hydrogens (primary N) is 1. The van der Waals surface area contributed by atoms with E-state index < -0.39 is 11.6 Å². The molecule has 0 aliphatic carbocycles. The average Bonchev–Trinajstić information content (AvgIpc) is 3.59. The molecule has 2 amide bonds. The first-order valence-corrected chi connectivity index (χ1v) is 15.0. The van der Waals surface area contributed by atoms with Crippen molar-refractivity contribution >= 4 is 39.6 Å². The molecular weight excluding hydrogens is 546 g/mol. The smallest absolute Gasteiger partial charge is 0.249 e. The van der Waals surface area contributed by atoms with Gasteiger partial charge >= 0.3 is 0 Å². The fourth-order valence-electron chi connectivity index (χ4n) is 5.58. The van der Waals surface area contributed by atoms with Crippen LogP contribution >= 0.6 is 11.3 Å². The van der Waals surface area contributed by atoms with Crippen LogP contribution in [-0.2, 0) is 22.6 Å². The summed E-state index contributed by atoms with van der Waals surface area (Å²) in [6.07, 6.45) is 1.33. The minimum absolute atomic E-state index is 0.122. The van der Waals surface area contributed by atoms with Crippen molar-refractivity contribution in [1.82, 2.24) is 15.5 Å². The molecule has 0 saturated carbocycles. The standard InChI is InChI=1S/C33H33N5O3S/c1-20-36-37-31(41-20)27-19-42-18-26(27)23-10-8-21(9-11-23)17-38-29-15-12-22-6-4-5-7-24(22)25(29)13-14-28(32(38)40)35-30(39)16-33(2,3)34/h4-12,15,18-19,28H,13-14,16-17,34H2,1-3H3,(H,35,39). The third-order valence-corrected chi connectivity index (χ3v) is 8.27. The van der Waals surface area contributed by atoms with Gasteiger partial charge in [-0.3, -0.25) is 9.59 Å². The molecule has 1 aliphatic rings. The SMILES string of the molecule is Cc1nnc(-c2cscc2-c2ccc(CN3C(=O)C(NC(=O)CC(C)(C)N)CCc4c3ccc3ccccc43)cc2)o1. The lowest BCUT2D eigenvalue weighted by Crippen LogP contribution is -2.49. The highest BCUT2D eigenvalue weighted by molar-refractivity contribution is 7.08. The number of hydrogen-bond donors (Lipinski definition) is 2. The molecule has 3 aromatic carbocycles. The Morgan fingerprint density at radius 3 is 2.57 bits per heavy atom. The highest BCUT2D eigenvalue weighted by Crippen LogP contribution is 2.37. The topological polar surface area (TPSA) is 114 Å². The maximum atomic E-state index is 14.1. The third-order valence-electron chi connectivity index (χ3n) is 7.53. The number of nitrogens with one attached hydrogen (secondary N) is 1. The molecule has 1 unspecified atom stereocenters. The summed E-state index contributed by atoms with van der Waals surface area (Å²) in [6.45, 7) is 5.76. The van der Waals surface area contributed by atoms with Gasteiger partial charge in [-0.1, -0.05) is 54.6 Å². The molecule has 0 radical (unpaired) electrons. The van der Waals surface area contributed by atoms with Gasteiger partial charge in [0.15, 0.2) is 0 Å². The molecule has 2 aromatic heterocycles. The first-order chi connectivity index (χ1) is 20.2. The number of aromatic nitrogens is 2. The molecule has 0 saturated heterocycles. The quantitative estimate of drug-likeness (QED) is 0.244. The molecule has 3 N–H and O–H groups in total. The van der Waals surface area contributed by atoms with Crippen LogP contribution in [0.5, 0.6) is 0 Å². The lowest BCUT2D eigenvalue weighted by molar-refractivity contribution is -0.128. The van der Waals surface area contributed by atoms with Crippen molar-refractivity contribution in [2.75, 3.05) is 4.90 Å². The maximum Gasteiger partial charge on any atom is 0.249 e. The third kappa shape index (κ3) is 5.70. The van der Waals surface area contributed by atoms with E-state index in [9.17, 15) is 9.59 Å². The highest BCUT2D eigenvalue weighted by atomic mass is 32.1. The second kappa shape index (κ2) is 11.2. The normalized spacial score (nSPS) is 15.5. The lowest BCUT2D eigenvalue weighted by atomic mass is 9.98. The minimum Gasteiger partial charge on any atom is -0.421 e. The van der Waals surface area contributed by atoms with E-state index in [1.54, 1.807) is 18.3 Å². The van der Waals surface area contributed by atoms with Gasteiger partial charge in [0.05, 0.1) is 12.1 Å². The number of thiophene rings is 1. The summed E-state index contributed by atoms with van der Waals surface area (Å²) in [5.74, 6) is 0.680. The molecule has 214 valence electrons. The zero-order valence-electron chi connectivity index (χ0n) is 23.9. The largest absolute Gasteiger partial charge is 0.421 e. The fraction of sp³-hybridized carbons (Fsp3) is 0.273. The van der Waals surface area contributed by atoms with Crippen molar-refractivity contribution in [2.24, 2.45) is 5.73 Å². The van der Waals surface area contributed by atoms with Crippen LogP contribution in [0.2, 0.25) is 0 Å². The average molecular weight is 580 g/mol. The summed E-state index contributed by atoms with van der Waals surface area (Å²) in [6, 6.07) is 19.9. The molecule has 42 heavy (non-hydrogen) atoms. The second-order valence-electron chi connectivity index (χ2n) is 11.6. The number of rotatable bonds is 7. The van der Waals surface area contributed by atoms with Crippen LogP contribution < -0.4 is 16.0 Å². The van der Waals surface area contributed by atoms with Gasteiger partial charge in [-0.05, 0) is 65.6 Å². The lowest BCUT2D eigenvalue weighted by Gasteiger charge is -2.27. The molecule has 8 nitrogen and oxygen atoms in total. The van der Waals surface area contributed by atoms with Gasteiger partial charge in [0.25, 0.3) is 0 Å². The highest BCUT2D eigenvalue weighted by Gasteiger charge is 2.33. The molecule has 0 fully saturated rings. The summed E-state index contributed by atoms with van der Waals surface area (Å²) in [5.41, 5.74) is 11.3. The van der Waals surface area contributed by atoms with Crippen LogP contribution in [-0.4, -0.2) is 33.6 Å². The van der Waals surface area contributed by atoms with E-state index in [0.717, 1.165) is 44.3 Å². The molecule has 3 heterocycles. The summed E-state index contributed by atoms with van der Waals surface area (Å²) < 4.78 is 5.67. The van der Waals surface area contributed by atoms with Crippen molar-refractivity contribution in [1.29, 1.82) is 0 Å². The Bertz CT molecular complexity index is 1770. The van der Waals surface area contributed by atoms with E-state index in [4.69, 9.17) is 10.2 Å². The maximum absolute atomic E-state index is 14.1. The second-order valence-corrected chi connectivity index (χ2v) is 12.3. The minimum atomic E-state index is -0.664. The van der Waals surface area contributed by atoms with E-state index in [2.05, 4.69) is 51.2 Å². The Morgan fingerprint density at radius 1 is 1.07 bits per heavy atom. The Morgan fingerprint density at radius 2 is 1.83 bits per heavy atom. The predicted octanol–water partition coefficient (Wildman–Crippen LogP) is 6.02. The van der Waals surface area contributed by atoms with Crippen molar-refractivity contribution in [3.05, 3.63) is 88.4 Å². The van der Waals surface area contributed by atoms with Crippen LogP contribution in [0.3, 0.4) is 0 Å². The Hall–Kier alpha value is -4.34. The first kappa shape index (κ1) is 27.8. The molecular formula is C33H33N5O3S. The Labute approximate surface area is 248 Å². The Balaban J connectivity index is 1.32. The van der Waals surface area contributed by atoms with Crippen molar-refractivity contribution < 1.29 is 14.0 Å². The Kier molecular flexibility index (Phi) is 7.38. The molecule has 6 rings (SSSR count). The van der Waals surface area contributed by atoms with Gasteiger partial charge in [-0.2, -0.15) is 11.3 Å². The van der Waals surface area contributed by atoms with E-state index in [1.807, 2.05) is 54.5 Å². The van der Waals surface area contributed by atoms with Gasteiger partial charge in [-0.25, -0.2) is 0 Å². The number of benzene rings is 3. The number of nitrogens with zero attached hydrogens (tertiary/aromatic N) is 3. The van der Waals surface area contributed by atoms with Gasteiger partial charge in [0, 0.05) is 35.5 Å². The van der Waals surface area contributed by atoms with E-state index in [1.165, 1.54) is 0 Å². The van der Waals surface area contributed by atoms with E-state index in [0.29, 0.717) is 31.2 Å². The molecule has 1 atom stereocenters. The monoisotopic (exact) mass is 579 g/mol. The van der Waals surface area contributed by atoms with Crippen molar-refractivity contribution in [2.45, 2.75) is 58.2 Å². The summed E-state index contributed by atoms with van der Waals surface area (Å²) in [5, 5.41) is 17.5. The van der Waals surface area contributed by atoms with Crippen LogP contribution in [0.15, 0.2) is 75.8 Å². The molecule has 1 aliphatic heterocycles. The van der Waals surface area contributed by atoms with E-state index >= 15 is 0 Å². The summed E-state index contributed by atoms with van der Waals surface area (Å²) >= 11 is 1.58. The predicted molar refractivity (Wildman–Crippen MR) is 166 cm³/mol. The number of carbonyl (C=O) groups excluding carboxylic acids is 2. The molecule has 9 heteroatoms. The van der Waals surface area contributed by atoms with Crippen molar-refractivity contribution in [3.8, 4) is 22.6 Å². The number of hydrogen-bond acceptors (Lipinski definition) is 7. The van der Waals surface area contributed by atoms with Crippen molar-refractivity contribution in [3.63, 3.8) is 0 Å². The van der Waals surface area contributed by atoms with E-state index in [-0.39, 0.29) is 18.2 Å². The number of carbonyl (C=O) groups is 2. The van der Waals surface area contributed by atoms with Crippen LogP contribution in [0.4, 0.5) is 5.69 Å². The summed E-state index contributed by atoms with van der Waals surface area (Å²) in [7, 11) is 0. The molecule has 5 aromatic rings. The summed E-state index contributed by atoms with van der Waals surface area (Å²) in [4.78, 5) is 28.7. The number of anilines is 1. The number of fused-ring (bicyclic) bond motifs is 3. The fourth-order valence-corrected chi connectivity index (χ4v) is 6.41. The van der Waals surface area contributed by atoms with Gasteiger partial charge < -0.3 is 20.4 Å². The molecule has 0 bridgehead atoms. The zero-order chi connectivity index (χ0) is 29.4.